The zero-order valence-electron chi connectivity index (χ0n) is 14.3. The van der Waals surface area contributed by atoms with Crippen molar-refractivity contribution >= 4 is 28.5 Å². The van der Waals surface area contributed by atoms with E-state index < -0.39 is 18.0 Å². The molecule has 1 heterocycles. The van der Waals surface area contributed by atoms with Crippen LogP contribution in [0.3, 0.4) is 0 Å². The number of nitrogens with zero attached hydrogens (tertiary/aromatic N) is 1. The maximum atomic E-state index is 10.2. The van der Waals surface area contributed by atoms with Crippen LogP contribution >= 0.6 is 0 Å². The molecule has 0 aliphatic heterocycles. The zero-order chi connectivity index (χ0) is 19.8. The fourth-order valence-electron chi connectivity index (χ4n) is 2.44. The monoisotopic (exact) mass is 372 g/mol. The van der Waals surface area contributed by atoms with E-state index in [0.29, 0.717) is 18.8 Å². The minimum absolute atomic E-state index is 0.191. The Kier molecular flexibility index (Phi) is 6.79. The smallest absolute Gasteiger partial charge is 0.414 e. The maximum absolute atomic E-state index is 10.2. The fraction of sp³-hybridized carbons (Fsp3) is 0.158. The summed E-state index contributed by atoms with van der Waals surface area (Å²) in [4.78, 5) is 18.2. The Morgan fingerprint density at radius 1 is 0.963 bits per heavy atom. The number of carbonyl (C=O) groups is 2. The molecule has 0 aliphatic rings. The van der Waals surface area contributed by atoms with Gasteiger partial charge in [0.05, 0.1) is 18.3 Å². The number of nitrogens with one attached hydrogen (secondary N) is 1. The average molecular weight is 372 g/mol. The first-order valence-electron chi connectivity index (χ1n) is 8.08. The van der Waals surface area contributed by atoms with Crippen LogP contribution in [0.2, 0.25) is 0 Å². The van der Waals surface area contributed by atoms with Crippen LogP contribution in [0, 0.1) is 0 Å². The molecule has 5 N–H and O–H groups in total. The number of aliphatic carboxylic acids is 2. The second kappa shape index (κ2) is 9.25. The second-order valence-corrected chi connectivity index (χ2v) is 5.69. The number of hydrogen-bond acceptors (Lipinski definition) is 5. The molecule has 0 aliphatic carbocycles. The van der Waals surface area contributed by atoms with E-state index in [1.54, 1.807) is 18.2 Å². The van der Waals surface area contributed by atoms with Crippen LogP contribution in [0.1, 0.15) is 0 Å². The first kappa shape index (κ1) is 19.8. The molecule has 0 bridgehead atoms. The molecule has 1 aromatic heterocycles. The Balaban J connectivity index is 0.000000380. The highest BCUT2D eigenvalue weighted by molar-refractivity contribution is 6.27. The number of aliphatic hydroxyl groups excluding tert-OH is 1. The molecular formula is C19H20N2O6. The number of aromatic nitrogens is 1. The van der Waals surface area contributed by atoms with Gasteiger partial charge in [0.2, 0.25) is 0 Å². The molecule has 0 radical (unpaired) electrons. The van der Waals surface area contributed by atoms with Crippen LogP contribution in [0.5, 0.6) is 5.75 Å². The largest absolute Gasteiger partial charge is 0.506 e. The summed E-state index contributed by atoms with van der Waals surface area (Å²) >= 11 is 0. The van der Waals surface area contributed by atoms with E-state index in [9.17, 15) is 10.2 Å². The molecule has 0 spiro atoms. The Labute approximate surface area is 154 Å². The zero-order valence-corrected chi connectivity index (χ0v) is 14.3. The number of phenols is 1. The molecule has 0 amide bonds. The van der Waals surface area contributed by atoms with Crippen molar-refractivity contribution in [1.82, 2.24) is 4.57 Å². The number of hydrogen-bond donors (Lipinski definition) is 5. The Bertz CT molecular complexity index is 909. The topological polar surface area (TPSA) is 132 Å². The van der Waals surface area contributed by atoms with E-state index in [0.717, 1.165) is 5.52 Å². The highest BCUT2D eigenvalue weighted by atomic mass is 16.4. The van der Waals surface area contributed by atoms with Gasteiger partial charge in [0.15, 0.2) is 0 Å². The van der Waals surface area contributed by atoms with Gasteiger partial charge in [0, 0.05) is 18.3 Å². The van der Waals surface area contributed by atoms with Crippen molar-refractivity contribution < 1.29 is 30.0 Å². The summed E-state index contributed by atoms with van der Waals surface area (Å²) in [5.41, 5.74) is 1.74. The molecule has 27 heavy (non-hydrogen) atoms. The van der Waals surface area contributed by atoms with Gasteiger partial charge in [-0.1, -0.05) is 30.3 Å². The molecule has 1 atom stereocenters. The van der Waals surface area contributed by atoms with E-state index >= 15 is 0 Å². The van der Waals surface area contributed by atoms with Gasteiger partial charge in [-0.05, 0) is 29.7 Å². The van der Waals surface area contributed by atoms with Crippen LogP contribution in [0.25, 0.3) is 10.9 Å². The Morgan fingerprint density at radius 2 is 1.59 bits per heavy atom. The van der Waals surface area contributed by atoms with Crippen molar-refractivity contribution in [3.63, 3.8) is 0 Å². The number of phenolic OH excluding ortho intramolecular Hbond substituents is 1. The summed E-state index contributed by atoms with van der Waals surface area (Å²) in [5.74, 6) is -3.46. The third-order valence-electron chi connectivity index (χ3n) is 3.70. The van der Waals surface area contributed by atoms with Gasteiger partial charge >= 0.3 is 11.9 Å². The van der Waals surface area contributed by atoms with Crippen molar-refractivity contribution in [2.24, 2.45) is 0 Å². The third kappa shape index (κ3) is 5.75. The van der Waals surface area contributed by atoms with Gasteiger partial charge < -0.3 is 30.3 Å². The van der Waals surface area contributed by atoms with Gasteiger partial charge in [0.25, 0.3) is 0 Å². The summed E-state index contributed by atoms with van der Waals surface area (Å²) in [6.45, 7) is 0.887. The predicted molar refractivity (Wildman–Crippen MR) is 99.8 cm³/mol. The van der Waals surface area contributed by atoms with E-state index in [1.165, 1.54) is 5.39 Å². The number of aliphatic hydroxyl groups is 1. The molecule has 142 valence electrons. The summed E-state index contributed by atoms with van der Waals surface area (Å²) in [5, 5.41) is 38.8. The summed E-state index contributed by atoms with van der Waals surface area (Å²) in [7, 11) is 0. The van der Waals surface area contributed by atoms with Crippen LogP contribution in [-0.2, 0) is 16.1 Å². The molecule has 0 saturated heterocycles. The number of benzene rings is 2. The lowest BCUT2D eigenvalue weighted by atomic mass is 10.2. The molecule has 3 aromatic rings. The molecule has 0 fully saturated rings. The molecule has 0 saturated carbocycles. The van der Waals surface area contributed by atoms with E-state index in [2.05, 4.69) is 11.4 Å². The summed E-state index contributed by atoms with van der Waals surface area (Å²) < 4.78 is 2.03. The minimum Gasteiger partial charge on any atom is -0.506 e. The van der Waals surface area contributed by atoms with Crippen LogP contribution < -0.4 is 5.32 Å². The normalized spacial score (nSPS) is 11.3. The SMILES string of the molecule is O=C(O)C(=O)O.Oc1ccccc1NCC(O)Cn1ccc2ccccc21. The number of aromatic hydroxyl groups is 1. The second-order valence-electron chi connectivity index (χ2n) is 5.69. The van der Waals surface area contributed by atoms with Gasteiger partial charge in [0.1, 0.15) is 5.75 Å². The van der Waals surface area contributed by atoms with Crippen LogP contribution in [0.15, 0.2) is 60.8 Å². The van der Waals surface area contributed by atoms with E-state index in [-0.39, 0.29) is 5.75 Å². The van der Waals surface area contributed by atoms with Crippen molar-refractivity contribution in [1.29, 1.82) is 0 Å². The van der Waals surface area contributed by atoms with Gasteiger partial charge in [-0.25, -0.2) is 9.59 Å². The number of carboxylic acid groups (broad SMARTS) is 2. The van der Waals surface area contributed by atoms with E-state index in [4.69, 9.17) is 19.8 Å². The lowest BCUT2D eigenvalue weighted by molar-refractivity contribution is -0.159. The average Bonchev–Trinajstić information content (AvgIpc) is 3.04. The molecule has 1 unspecified atom stereocenters. The fourth-order valence-corrected chi connectivity index (χ4v) is 2.44. The Morgan fingerprint density at radius 3 is 2.26 bits per heavy atom. The first-order valence-corrected chi connectivity index (χ1v) is 8.08. The number of rotatable bonds is 5. The quantitative estimate of drug-likeness (QED) is 0.342. The first-order chi connectivity index (χ1) is 12.9. The lowest BCUT2D eigenvalue weighted by Gasteiger charge is -2.15. The van der Waals surface area contributed by atoms with Gasteiger partial charge in [-0.3, -0.25) is 0 Å². The molecule has 8 heteroatoms. The number of anilines is 1. The standard InChI is InChI=1S/C17H18N2O2.C2H2O4/c20-14(11-18-15-6-2-4-8-17(15)21)12-19-10-9-13-5-1-3-7-16(13)19;3-1(4)2(5)6/h1-10,14,18,20-21H,11-12H2;(H,3,4)(H,5,6). The van der Waals surface area contributed by atoms with E-state index in [1.807, 2.05) is 41.1 Å². The predicted octanol–water partition coefficient (Wildman–Crippen LogP) is 1.98. The third-order valence-corrected chi connectivity index (χ3v) is 3.70. The van der Waals surface area contributed by atoms with Crippen molar-refractivity contribution in [2.75, 3.05) is 11.9 Å². The highest BCUT2D eigenvalue weighted by Crippen LogP contribution is 2.21. The Hall–Kier alpha value is -3.52. The van der Waals surface area contributed by atoms with Gasteiger partial charge in [-0.15, -0.1) is 0 Å². The lowest BCUT2D eigenvalue weighted by Crippen LogP contribution is -2.24. The molecule has 3 rings (SSSR count). The number of carboxylic acids is 2. The molecule has 2 aromatic carbocycles. The minimum atomic E-state index is -1.82. The number of fused-ring (bicyclic) bond motifs is 1. The maximum Gasteiger partial charge on any atom is 0.414 e. The summed E-state index contributed by atoms with van der Waals surface area (Å²) in [6.07, 6.45) is 1.44. The molecule has 8 nitrogen and oxygen atoms in total. The van der Waals surface area contributed by atoms with Crippen molar-refractivity contribution in [3.05, 3.63) is 60.8 Å². The van der Waals surface area contributed by atoms with Crippen molar-refractivity contribution in [3.8, 4) is 5.75 Å². The number of para-hydroxylation sites is 3. The molecular weight excluding hydrogens is 352 g/mol. The highest BCUT2D eigenvalue weighted by Gasteiger charge is 2.08. The van der Waals surface area contributed by atoms with Gasteiger partial charge in [-0.2, -0.15) is 0 Å². The van der Waals surface area contributed by atoms with Crippen molar-refractivity contribution in [2.45, 2.75) is 12.6 Å². The summed E-state index contributed by atoms with van der Waals surface area (Å²) in [6, 6.07) is 17.1. The van der Waals surface area contributed by atoms with Crippen LogP contribution in [-0.4, -0.2) is 49.6 Å². The van der Waals surface area contributed by atoms with Crippen LogP contribution in [0.4, 0.5) is 5.69 Å².